The number of hydrogen-bond donors (Lipinski definition) is 2. The molecule has 3 N–H and O–H groups in total. The van der Waals surface area contributed by atoms with Gasteiger partial charge in [-0.2, -0.15) is 4.98 Å². The summed E-state index contributed by atoms with van der Waals surface area (Å²) in [7, 11) is 0. The molecular weight excluding hydrogens is 294 g/mol. The molecule has 1 amide bonds. The number of carbonyl (C=O) groups excluding carboxylic acids is 1. The summed E-state index contributed by atoms with van der Waals surface area (Å²) >= 11 is 2.89. The smallest absolute Gasteiger partial charge is 0.233 e. The van der Waals surface area contributed by atoms with Crippen LogP contribution >= 0.6 is 23.1 Å². The van der Waals surface area contributed by atoms with Crippen LogP contribution in [0.25, 0.3) is 0 Å². The normalized spacial score (nSPS) is 10.4. The number of aromatic nitrogens is 3. The maximum atomic E-state index is 12.2. The van der Waals surface area contributed by atoms with Crippen LogP contribution in [0, 0.1) is 0 Å². The molecule has 0 bridgehead atoms. The number of nitrogen functional groups attached to an aromatic ring is 1. The van der Waals surface area contributed by atoms with Gasteiger partial charge in [-0.3, -0.25) is 4.79 Å². The van der Waals surface area contributed by atoms with E-state index in [4.69, 9.17) is 5.73 Å². The quantitative estimate of drug-likeness (QED) is 0.601. The predicted molar refractivity (Wildman–Crippen MR) is 81.5 cm³/mol. The van der Waals surface area contributed by atoms with E-state index in [2.05, 4.69) is 21.8 Å². The van der Waals surface area contributed by atoms with E-state index in [9.17, 15) is 4.79 Å². The number of thiophene rings is 1. The average molecular weight is 309 g/mol. The largest absolute Gasteiger partial charge is 0.368 e. The molecule has 0 radical (unpaired) electrons. The Morgan fingerprint density at radius 3 is 3.10 bits per heavy atom. The number of hydrogen-bond acceptors (Lipinski definition) is 6. The SMILES string of the molecule is C=CCN(Cc1cccs1)C(=O)CSc1n[nH]c(N)n1. The number of aromatic amines is 1. The fourth-order valence-electron chi connectivity index (χ4n) is 1.54. The van der Waals surface area contributed by atoms with Crippen LogP contribution in [0.4, 0.5) is 5.95 Å². The van der Waals surface area contributed by atoms with Gasteiger partial charge in [-0.05, 0) is 11.4 Å². The minimum atomic E-state index is 0.0201. The number of thioether (sulfide) groups is 1. The minimum absolute atomic E-state index is 0.0201. The Kier molecular flexibility index (Phi) is 5.19. The van der Waals surface area contributed by atoms with Crippen LogP contribution < -0.4 is 5.73 Å². The van der Waals surface area contributed by atoms with Gasteiger partial charge in [0.2, 0.25) is 17.0 Å². The van der Waals surface area contributed by atoms with E-state index < -0.39 is 0 Å². The Hall–Kier alpha value is -1.80. The van der Waals surface area contributed by atoms with Gasteiger partial charge in [0, 0.05) is 11.4 Å². The highest BCUT2D eigenvalue weighted by Gasteiger charge is 2.14. The van der Waals surface area contributed by atoms with Crippen molar-refractivity contribution in [2.45, 2.75) is 11.7 Å². The van der Waals surface area contributed by atoms with Gasteiger partial charge in [0.15, 0.2) is 0 Å². The number of rotatable bonds is 7. The Balaban J connectivity index is 1.91. The van der Waals surface area contributed by atoms with Crippen molar-refractivity contribution in [3.8, 4) is 0 Å². The molecule has 106 valence electrons. The molecule has 8 heteroatoms. The molecule has 0 aliphatic heterocycles. The van der Waals surface area contributed by atoms with Crippen molar-refractivity contribution in [1.82, 2.24) is 20.1 Å². The standard InChI is InChI=1S/C12H15N5OS2/c1-2-5-17(7-9-4-3-6-19-9)10(18)8-20-12-14-11(13)15-16-12/h2-4,6H,1,5,7-8H2,(H3,13,14,15,16). The zero-order valence-electron chi connectivity index (χ0n) is 10.8. The average Bonchev–Trinajstić information content (AvgIpc) is 3.07. The van der Waals surface area contributed by atoms with Crippen LogP contribution in [-0.4, -0.2) is 38.3 Å². The van der Waals surface area contributed by atoms with Crippen molar-refractivity contribution in [2.24, 2.45) is 0 Å². The summed E-state index contributed by atoms with van der Waals surface area (Å²) in [6.07, 6.45) is 1.72. The van der Waals surface area contributed by atoms with Gasteiger partial charge in [0.25, 0.3) is 0 Å². The Labute approximate surface area is 125 Å². The van der Waals surface area contributed by atoms with Gasteiger partial charge >= 0.3 is 0 Å². The van der Waals surface area contributed by atoms with E-state index in [1.807, 2.05) is 17.5 Å². The summed E-state index contributed by atoms with van der Waals surface area (Å²) in [4.78, 5) is 19.1. The summed E-state index contributed by atoms with van der Waals surface area (Å²) in [5.74, 6) is 0.546. The number of anilines is 1. The lowest BCUT2D eigenvalue weighted by molar-refractivity contribution is -0.128. The highest BCUT2D eigenvalue weighted by atomic mass is 32.2. The summed E-state index contributed by atoms with van der Waals surface area (Å²) < 4.78 is 0. The molecule has 6 nitrogen and oxygen atoms in total. The first kappa shape index (κ1) is 14.6. The van der Waals surface area contributed by atoms with E-state index in [1.54, 1.807) is 22.3 Å². The summed E-state index contributed by atoms with van der Waals surface area (Å²) in [6.45, 7) is 4.81. The maximum Gasteiger partial charge on any atom is 0.233 e. The van der Waals surface area contributed by atoms with Crippen molar-refractivity contribution >= 4 is 35.0 Å². The van der Waals surface area contributed by atoms with Crippen molar-refractivity contribution < 1.29 is 4.79 Å². The number of nitrogens with one attached hydrogen (secondary N) is 1. The van der Waals surface area contributed by atoms with Crippen molar-refractivity contribution in [2.75, 3.05) is 18.0 Å². The first-order valence-electron chi connectivity index (χ1n) is 5.90. The first-order chi connectivity index (χ1) is 9.69. The molecule has 0 aliphatic carbocycles. The molecule has 20 heavy (non-hydrogen) atoms. The predicted octanol–water partition coefficient (Wildman–Crippen LogP) is 1.76. The van der Waals surface area contributed by atoms with Crippen LogP contribution in [0.5, 0.6) is 0 Å². The molecule has 0 unspecified atom stereocenters. The molecular formula is C12H15N5OS2. The van der Waals surface area contributed by atoms with E-state index >= 15 is 0 Å². The van der Waals surface area contributed by atoms with Gasteiger partial charge in [-0.25, -0.2) is 5.10 Å². The minimum Gasteiger partial charge on any atom is -0.368 e. The molecule has 2 heterocycles. The molecule has 0 aromatic carbocycles. The molecule has 0 saturated carbocycles. The zero-order valence-corrected chi connectivity index (χ0v) is 12.4. The molecule has 2 aromatic heterocycles. The lowest BCUT2D eigenvalue weighted by Crippen LogP contribution is -2.31. The van der Waals surface area contributed by atoms with Crippen molar-refractivity contribution in [1.29, 1.82) is 0 Å². The first-order valence-corrected chi connectivity index (χ1v) is 7.77. The molecule has 0 spiro atoms. The third-order valence-corrected chi connectivity index (χ3v) is 4.13. The molecule has 0 fully saturated rings. The third-order valence-electron chi connectivity index (χ3n) is 2.44. The molecule has 2 rings (SSSR count). The van der Waals surface area contributed by atoms with Crippen molar-refractivity contribution in [3.05, 3.63) is 35.0 Å². The number of nitrogens with zero attached hydrogens (tertiary/aromatic N) is 3. The van der Waals surface area contributed by atoms with E-state index in [0.29, 0.717) is 18.2 Å². The zero-order chi connectivity index (χ0) is 14.4. The van der Waals surface area contributed by atoms with Crippen LogP contribution in [0.15, 0.2) is 35.3 Å². The monoisotopic (exact) mass is 309 g/mol. The second-order valence-corrected chi connectivity index (χ2v) is 5.91. The highest BCUT2D eigenvalue weighted by Crippen LogP contribution is 2.16. The lowest BCUT2D eigenvalue weighted by atomic mass is 10.4. The second kappa shape index (κ2) is 7.11. The van der Waals surface area contributed by atoms with E-state index in [-0.39, 0.29) is 17.6 Å². The van der Waals surface area contributed by atoms with Gasteiger partial charge in [-0.1, -0.05) is 23.9 Å². The molecule has 0 atom stereocenters. The van der Waals surface area contributed by atoms with Crippen molar-refractivity contribution in [3.63, 3.8) is 0 Å². The van der Waals surface area contributed by atoms with Crippen LogP contribution in [-0.2, 0) is 11.3 Å². The van der Waals surface area contributed by atoms with E-state index in [0.717, 1.165) is 4.88 Å². The summed E-state index contributed by atoms with van der Waals surface area (Å²) in [6, 6.07) is 3.99. The molecule has 0 saturated heterocycles. The summed E-state index contributed by atoms with van der Waals surface area (Å²) in [5, 5.41) is 8.90. The fourth-order valence-corrected chi connectivity index (χ4v) is 2.97. The lowest BCUT2D eigenvalue weighted by Gasteiger charge is -2.19. The van der Waals surface area contributed by atoms with Gasteiger partial charge < -0.3 is 10.6 Å². The van der Waals surface area contributed by atoms with Gasteiger partial charge in [0.05, 0.1) is 12.3 Å². The van der Waals surface area contributed by atoms with Crippen LogP contribution in [0.2, 0.25) is 0 Å². The number of nitrogens with two attached hydrogens (primary N) is 1. The maximum absolute atomic E-state index is 12.2. The highest BCUT2D eigenvalue weighted by molar-refractivity contribution is 7.99. The van der Waals surface area contributed by atoms with Crippen LogP contribution in [0.3, 0.4) is 0 Å². The molecule has 2 aromatic rings. The Bertz CT molecular complexity index is 566. The Morgan fingerprint density at radius 1 is 1.65 bits per heavy atom. The number of carbonyl (C=O) groups is 1. The Morgan fingerprint density at radius 2 is 2.50 bits per heavy atom. The van der Waals surface area contributed by atoms with Gasteiger partial charge in [0.1, 0.15) is 0 Å². The molecule has 0 aliphatic rings. The van der Waals surface area contributed by atoms with Crippen LogP contribution in [0.1, 0.15) is 4.88 Å². The number of amides is 1. The fraction of sp³-hybridized carbons (Fsp3) is 0.250. The number of H-pyrrole nitrogens is 1. The van der Waals surface area contributed by atoms with E-state index in [1.165, 1.54) is 11.8 Å². The third kappa shape index (κ3) is 4.10. The topological polar surface area (TPSA) is 87.9 Å². The summed E-state index contributed by atoms with van der Waals surface area (Å²) in [5.41, 5.74) is 5.43. The van der Waals surface area contributed by atoms with Gasteiger partial charge in [-0.15, -0.1) is 23.0 Å². The second-order valence-electron chi connectivity index (χ2n) is 3.93.